The summed E-state index contributed by atoms with van der Waals surface area (Å²) in [4.78, 5) is 22.2. The Balaban J connectivity index is 2.13. The first-order valence-electron chi connectivity index (χ1n) is 5.78. The molecule has 0 spiro atoms. The third kappa shape index (κ3) is 2.65. The van der Waals surface area contributed by atoms with Gasteiger partial charge in [-0.05, 0) is 26.0 Å². The van der Waals surface area contributed by atoms with Crippen LogP contribution >= 0.6 is 0 Å². The van der Waals surface area contributed by atoms with Crippen molar-refractivity contribution in [3.63, 3.8) is 0 Å². The normalized spacial score (nSPS) is 22.7. The zero-order valence-corrected chi connectivity index (χ0v) is 10.1. The quantitative estimate of drug-likeness (QED) is 0.620. The van der Waals surface area contributed by atoms with E-state index in [4.69, 9.17) is 0 Å². The van der Waals surface area contributed by atoms with Crippen LogP contribution in [0, 0.1) is 10.1 Å². The van der Waals surface area contributed by atoms with Crippen molar-refractivity contribution < 1.29 is 9.72 Å². The summed E-state index contributed by atoms with van der Waals surface area (Å²) in [6, 6.07) is 5.76. The number of nitro groups is 1. The zero-order chi connectivity index (χ0) is 13.2. The minimum absolute atomic E-state index is 0.0719. The van der Waals surface area contributed by atoms with Crippen molar-refractivity contribution >= 4 is 11.6 Å². The van der Waals surface area contributed by atoms with E-state index in [1.54, 1.807) is 6.07 Å². The summed E-state index contributed by atoms with van der Waals surface area (Å²) in [5.41, 5.74) is -0.0310. The molecule has 1 fully saturated rings. The first kappa shape index (κ1) is 12.5. The number of nitro benzene ring substituents is 1. The Hall–Kier alpha value is -1.95. The maximum Gasteiger partial charge on any atom is 0.270 e. The molecule has 0 aliphatic carbocycles. The molecule has 18 heavy (non-hydrogen) atoms. The Bertz CT molecular complexity index is 481. The highest BCUT2D eigenvalue weighted by molar-refractivity contribution is 5.95. The SMILES string of the molecule is CC1(NC(=O)c2cccc([N+](=O)[O-])c2)CCNC1. The maximum atomic E-state index is 12.0. The van der Waals surface area contributed by atoms with E-state index in [0.29, 0.717) is 12.1 Å². The Morgan fingerprint density at radius 1 is 1.56 bits per heavy atom. The van der Waals surface area contributed by atoms with Gasteiger partial charge in [-0.3, -0.25) is 14.9 Å². The van der Waals surface area contributed by atoms with Crippen molar-refractivity contribution in [1.82, 2.24) is 10.6 Å². The molecule has 0 bridgehead atoms. The van der Waals surface area contributed by atoms with Gasteiger partial charge >= 0.3 is 0 Å². The lowest BCUT2D eigenvalue weighted by Crippen LogP contribution is -2.47. The van der Waals surface area contributed by atoms with Gasteiger partial charge in [0.2, 0.25) is 0 Å². The van der Waals surface area contributed by atoms with Crippen molar-refractivity contribution in [2.45, 2.75) is 18.9 Å². The van der Waals surface area contributed by atoms with Gasteiger partial charge in [0.25, 0.3) is 11.6 Å². The van der Waals surface area contributed by atoms with Crippen LogP contribution in [0.2, 0.25) is 0 Å². The largest absolute Gasteiger partial charge is 0.346 e. The van der Waals surface area contributed by atoms with Crippen LogP contribution < -0.4 is 10.6 Å². The number of amides is 1. The average molecular weight is 249 g/mol. The average Bonchev–Trinajstić information content (AvgIpc) is 2.76. The predicted octanol–water partition coefficient (Wildman–Crippen LogP) is 1.08. The van der Waals surface area contributed by atoms with Gasteiger partial charge in [0.05, 0.1) is 10.5 Å². The molecule has 96 valence electrons. The fraction of sp³-hybridized carbons (Fsp3) is 0.417. The molecule has 0 saturated carbocycles. The maximum absolute atomic E-state index is 12.0. The lowest BCUT2D eigenvalue weighted by Gasteiger charge is -2.24. The molecule has 1 aromatic rings. The minimum Gasteiger partial charge on any atom is -0.346 e. The third-order valence-corrected chi connectivity index (χ3v) is 3.10. The van der Waals surface area contributed by atoms with E-state index in [9.17, 15) is 14.9 Å². The standard InChI is InChI=1S/C12H15N3O3/c1-12(5-6-13-8-12)14-11(16)9-3-2-4-10(7-9)15(17)18/h2-4,7,13H,5-6,8H2,1H3,(H,14,16). The summed E-state index contributed by atoms with van der Waals surface area (Å²) in [5.74, 6) is -0.273. The number of nitrogens with zero attached hydrogens (tertiary/aromatic N) is 1. The van der Waals surface area contributed by atoms with Crippen LogP contribution in [0.15, 0.2) is 24.3 Å². The second-order valence-electron chi connectivity index (χ2n) is 4.75. The van der Waals surface area contributed by atoms with Gasteiger partial charge in [0.15, 0.2) is 0 Å². The molecular weight excluding hydrogens is 234 g/mol. The number of hydrogen-bond donors (Lipinski definition) is 2. The fourth-order valence-corrected chi connectivity index (χ4v) is 2.03. The molecule has 1 saturated heterocycles. The number of benzene rings is 1. The number of rotatable bonds is 3. The monoisotopic (exact) mass is 249 g/mol. The lowest BCUT2D eigenvalue weighted by atomic mass is 10.0. The Morgan fingerprint density at radius 2 is 2.33 bits per heavy atom. The minimum atomic E-state index is -0.504. The van der Waals surface area contributed by atoms with Crippen LogP contribution in [0.5, 0.6) is 0 Å². The summed E-state index contributed by atoms with van der Waals surface area (Å²) in [6.07, 6.45) is 0.855. The third-order valence-electron chi connectivity index (χ3n) is 3.10. The first-order valence-corrected chi connectivity index (χ1v) is 5.78. The highest BCUT2D eigenvalue weighted by Crippen LogP contribution is 2.17. The smallest absolute Gasteiger partial charge is 0.270 e. The second-order valence-corrected chi connectivity index (χ2v) is 4.75. The van der Waals surface area contributed by atoms with Crippen LogP contribution in [0.25, 0.3) is 0 Å². The Labute approximate surface area is 105 Å². The van der Waals surface area contributed by atoms with E-state index >= 15 is 0 Å². The van der Waals surface area contributed by atoms with Crippen molar-refractivity contribution in [3.8, 4) is 0 Å². The van der Waals surface area contributed by atoms with Gasteiger partial charge in [-0.15, -0.1) is 0 Å². The molecule has 6 nitrogen and oxygen atoms in total. The molecule has 1 atom stereocenters. The molecule has 2 N–H and O–H groups in total. The lowest BCUT2D eigenvalue weighted by molar-refractivity contribution is -0.384. The van der Waals surface area contributed by atoms with Gasteiger partial charge < -0.3 is 10.6 Å². The van der Waals surface area contributed by atoms with E-state index in [1.165, 1.54) is 18.2 Å². The Morgan fingerprint density at radius 3 is 2.94 bits per heavy atom. The van der Waals surface area contributed by atoms with E-state index in [1.807, 2.05) is 6.92 Å². The van der Waals surface area contributed by atoms with Crippen molar-refractivity contribution in [2.75, 3.05) is 13.1 Å². The first-order chi connectivity index (χ1) is 8.50. The molecular formula is C12H15N3O3. The van der Waals surface area contributed by atoms with E-state index in [-0.39, 0.29) is 17.1 Å². The van der Waals surface area contributed by atoms with E-state index in [2.05, 4.69) is 10.6 Å². The number of hydrogen-bond acceptors (Lipinski definition) is 4. The number of carbonyl (C=O) groups excluding carboxylic acids is 1. The Kier molecular flexibility index (Phi) is 3.29. The molecule has 1 aliphatic rings. The summed E-state index contributed by atoms with van der Waals surface area (Å²) in [6.45, 7) is 3.54. The highest BCUT2D eigenvalue weighted by atomic mass is 16.6. The molecule has 1 amide bonds. The summed E-state index contributed by atoms with van der Waals surface area (Å²) in [5, 5.41) is 16.7. The molecule has 1 heterocycles. The number of carbonyl (C=O) groups is 1. The van der Waals surface area contributed by atoms with Crippen LogP contribution in [0.4, 0.5) is 5.69 Å². The van der Waals surface area contributed by atoms with Gasteiger partial charge in [0, 0.05) is 24.2 Å². The number of non-ortho nitro benzene ring substituents is 1. The molecule has 6 heteroatoms. The summed E-state index contributed by atoms with van der Waals surface area (Å²) in [7, 11) is 0. The van der Waals surface area contributed by atoms with E-state index < -0.39 is 4.92 Å². The fourth-order valence-electron chi connectivity index (χ4n) is 2.03. The summed E-state index contributed by atoms with van der Waals surface area (Å²) >= 11 is 0. The summed E-state index contributed by atoms with van der Waals surface area (Å²) < 4.78 is 0. The van der Waals surface area contributed by atoms with Gasteiger partial charge in [0.1, 0.15) is 0 Å². The molecule has 1 unspecified atom stereocenters. The molecule has 1 aromatic carbocycles. The van der Waals surface area contributed by atoms with Crippen LogP contribution in [0.1, 0.15) is 23.7 Å². The van der Waals surface area contributed by atoms with Crippen molar-refractivity contribution in [3.05, 3.63) is 39.9 Å². The van der Waals surface area contributed by atoms with Gasteiger partial charge in [-0.25, -0.2) is 0 Å². The van der Waals surface area contributed by atoms with Crippen molar-refractivity contribution in [2.24, 2.45) is 0 Å². The number of nitrogens with one attached hydrogen (secondary N) is 2. The zero-order valence-electron chi connectivity index (χ0n) is 10.1. The van der Waals surface area contributed by atoms with Gasteiger partial charge in [-0.2, -0.15) is 0 Å². The highest BCUT2D eigenvalue weighted by Gasteiger charge is 2.30. The molecule has 2 rings (SSSR count). The van der Waals surface area contributed by atoms with E-state index in [0.717, 1.165) is 13.0 Å². The van der Waals surface area contributed by atoms with Crippen LogP contribution in [-0.2, 0) is 0 Å². The van der Waals surface area contributed by atoms with Gasteiger partial charge in [-0.1, -0.05) is 6.07 Å². The topological polar surface area (TPSA) is 84.3 Å². The predicted molar refractivity (Wildman–Crippen MR) is 66.5 cm³/mol. The van der Waals surface area contributed by atoms with Crippen LogP contribution in [-0.4, -0.2) is 29.5 Å². The van der Waals surface area contributed by atoms with Crippen LogP contribution in [0.3, 0.4) is 0 Å². The van der Waals surface area contributed by atoms with Crippen molar-refractivity contribution in [1.29, 1.82) is 0 Å². The molecule has 0 radical (unpaired) electrons. The second kappa shape index (κ2) is 4.73. The molecule has 1 aliphatic heterocycles. The molecule has 0 aromatic heterocycles.